The summed E-state index contributed by atoms with van der Waals surface area (Å²) in [6, 6.07) is 5.62. The van der Waals surface area contributed by atoms with Crippen molar-refractivity contribution in [3.63, 3.8) is 0 Å². The standard InChI is InChI=1S/C15H16N2O2/c1-2-19-17-14-11-12(7-9-15(14)18)6-8-13-5-3-4-10-16-13/h3-5,10-11,15,18H,2,7,9H2,1H3/b17-14+. The normalized spacial score (nSPS) is 20.4. The van der Waals surface area contributed by atoms with Crippen LogP contribution in [0.5, 0.6) is 0 Å². The van der Waals surface area contributed by atoms with E-state index in [4.69, 9.17) is 4.84 Å². The summed E-state index contributed by atoms with van der Waals surface area (Å²) >= 11 is 0. The summed E-state index contributed by atoms with van der Waals surface area (Å²) in [7, 11) is 0. The fourth-order valence-electron chi connectivity index (χ4n) is 1.69. The van der Waals surface area contributed by atoms with E-state index in [-0.39, 0.29) is 0 Å². The number of aromatic nitrogens is 1. The molecule has 1 aromatic heterocycles. The van der Waals surface area contributed by atoms with Crippen molar-refractivity contribution in [3.05, 3.63) is 41.7 Å². The number of oxime groups is 1. The van der Waals surface area contributed by atoms with Gasteiger partial charge in [0.05, 0.1) is 6.10 Å². The molecule has 1 unspecified atom stereocenters. The third-order valence-electron chi connectivity index (χ3n) is 2.67. The highest BCUT2D eigenvalue weighted by molar-refractivity contribution is 6.00. The van der Waals surface area contributed by atoms with Gasteiger partial charge in [0.2, 0.25) is 0 Å². The van der Waals surface area contributed by atoms with Crippen LogP contribution in [0.3, 0.4) is 0 Å². The maximum atomic E-state index is 9.78. The fraction of sp³-hybridized carbons (Fsp3) is 0.333. The minimum Gasteiger partial charge on any atom is -0.396 e. The molecule has 1 N–H and O–H groups in total. The molecule has 98 valence electrons. The number of hydrogen-bond acceptors (Lipinski definition) is 4. The Labute approximate surface area is 112 Å². The molecular formula is C15H16N2O2. The molecule has 1 aliphatic rings. The molecule has 4 heteroatoms. The van der Waals surface area contributed by atoms with E-state index >= 15 is 0 Å². The molecule has 1 aromatic rings. The van der Waals surface area contributed by atoms with Crippen molar-refractivity contribution >= 4 is 5.71 Å². The number of nitrogens with zero attached hydrogens (tertiary/aromatic N) is 2. The summed E-state index contributed by atoms with van der Waals surface area (Å²) in [6.45, 7) is 2.34. The van der Waals surface area contributed by atoms with E-state index in [2.05, 4.69) is 22.0 Å². The van der Waals surface area contributed by atoms with Gasteiger partial charge in [-0.25, -0.2) is 4.98 Å². The van der Waals surface area contributed by atoms with Crippen LogP contribution < -0.4 is 0 Å². The predicted molar refractivity (Wildman–Crippen MR) is 73.5 cm³/mol. The largest absolute Gasteiger partial charge is 0.396 e. The minimum absolute atomic E-state index is 0.485. The van der Waals surface area contributed by atoms with E-state index in [1.165, 1.54) is 0 Å². The first kappa shape index (κ1) is 13.3. The molecular weight excluding hydrogens is 240 g/mol. The molecule has 1 heterocycles. The second-order valence-corrected chi connectivity index (χ2v) is 4.12. The van der Waals surface area contributed by atoms with E-state index < -0.39 is 6.10 Å². The van der Waals surface area contributed by atoms with Crippen LogP contribution in [0.4, 0.5) is 0 Å². The molecule has 0 amide bonds. The highest BCUT2D eigenvalue weighted by atomic mass is 16.6. The second kappa shape index (κ2) is 6.72. The lowest BCUT2D eigenvalue weighted by atomic mass is 9.96. The van der Waals surface area contributed by atoms with Gasteiger partial charge in [-0.15, -0.1) is 0 Å². The van der Waals surface area contributed by atoms with Gasteiger partial charge in [-0.3, -0.25) is 0 Å². The molecule has 1 aliphatic carbocycles. The van der Waals surface area contributed by atoms with Crippen LogP contribution in [-0.2, 0) is 4.84 Å². The Bertz CT molecular complexity index is 538. The third kappa shape index (κ3) is 3.94. The third-order valence-corrected chi connectivity index (χ3v) is 2.67. The van der Waals surface area contributed by atoms with E-state index in [9.17, 15) is 5.11 Å². The van der Waals surface area contributed by atoms with Crippen LogP contribution in [-0.4, -0.2) is 28.5 Å². The molecule has 0 radical (unpaired) electrons. The van der Waals surface area contributed by atoms with E-state index in [1.807, 2.05) is 25.1 Å². The summed E-state index contributed by atoms with van der Waals surface area (Å²) < 4.78 is 0. The van der Waals surface area contributed by atoms with Crippen molar-refractivity contribution in [1.82, 2.24) is 4.98 Å². The van der Waals surface area contributed by atoms with E-state index in [0.29, 0.717) is 18.7 Å². The van der Waals surface area contributed by atoms with Crippen molar-refractivity contribution < 1.29 is 9.94 Å². The lowest BCUT2D eigenvalue weighted by Gasteiger charge is -2.16. The van der Waals surface area contributed by atoms with Crippen molar-refractivity contribution in [3.8, 4) is 11.8 Å². The number of pyridine rings is 1. The van der Waals surface area contributed by atoms with Crippen LogP contribution in [0.15, 0.2) is 41.2 Å². The van der Waals surface area contributed by atoms with Crippen molar-refractivity contribution in [2.24, 2.45) is 5.16 Å². The van der Waals surface area contributed by atoms with Gasteiger partial charge in [-0.1, -0.05) is 17.1 Å². The Morgan fingerprint density at radius 1 is 1.47 bits per heavy atom. The zero-order chi connectivity index (χ0) is 13.5. The Hall–Kier alpha value is -2.12. The molecule has 0 saturated carbocycles. The van der Waals surface area contributed by atoms with E-state index in [1.54, 1.807) is 12.3 Å². The lowest BCUT2D eigenvalue weighted by molar-refractivity contribution is 0.149. The van der Waals surface area contributed by atoms with Crippen LogP contribution in [0.25, 0.3) is 0 Å². The summed E-state index contributed by atoms with van der Waals surface area (Å²) in [5, 5.41) is 13.7. The van der Waals surface area contributed by atoms with Crippen molar-refractivity contribution in [2.45, 2.75) is 25.9 Å². The first-order chi connectivity index (χ1) is 9.29. The average Bonchev–Trinajstić information content (AvgIpc) is 2.46. The predicted octanol–water partition coefficient (Wildman–Crippen LogP) is 1.91. The Kier molecular flexibility index (Phi) is 4.71. The van der Waals surface area contributed by atoms with Gasteiger partial charge >= 0.3 is 0 Å². The van der Waals surface area contributed by atoms with Gasteiger partial charge in [0.15, 0.2) is 0 Å². The van der Waals surface area contributed by atoms with Gasteiger partial charge in [-0.05, 0) is 43.9 Å². The van der Waals surface area contributed by atoms with Gasteiger partial charge < -0.3 is 9.94 Å². The zero-order valence-electron chi connectivity index (χ0n) is 10.8. The van der Waals surface area contributed by atoms with Crippen LogP contribution in [0, 0.1) is 11.8 Å². The number of allylic oxidation sites excluding steroid dienone is 1. The Morgan fingerprint density at radius 3 is 3.11 bits per heavy atom. The first-order valence-corrected chi connectivity index (χ1v) is 6.31. The lowest BCUT2D eigenvalue weighted by Crippen LogP contribution is -2.23. The SMILES string of the molecule is CCO/N=C1\C=C(C#Cc2ccccn2)CCC1O. The summed E-state index contributed by atoms with van der Waals surface area (Å²) in [4.78, 5) is 9.12. The molecule has 19 heavy (non-hydrogen) atoms. The molecule has 4 nitrogen and oxygen atoms in total. The number of rotatable bonds is 2. The van der Waals surface area contributed by atoms with Gasteiger partial charge in [0, 0.05) is 11.8 Å². The minimum atomic E-state index is -0.563. The Morgan fingerprint density at radius 2 is 2.37 bits per heavy atom. The number of hydrogen-bond donors (Lipinski definition) is 1. The van der Waals surface area contributed by atoms with Crippen molar-refractivity contribution in [2.75, 3.05) is 6.61 Å². The zero-order valence-corrected chi connectivity index (χ0v) is 10.8. The van der Waals surface area contributed by atoms with Gasteiger partial charge in [-0.2, -0.15) is 0 Å². The smallest absolute Gasteiger partial charge is 0.114 e. The molecule has 0 saturated heterocycles. The highest BCUT2D eigenvalue weighted by Crippen LogP contribution is 2.16. The quantitative estimate of drug-likeness (QED) is 0.649. The first-order valence-electron chi connectivity index (χ1n) is 6.31. The van der Waals surface area contributed by atoms with Gasteiger partial charge in [0.25, 0.3) is 0 Å². The molecule has 0 spiro atoms. The maximum absolute atomic E-state index is 9.78. The molecule has 0 aromatic carbocycles. The fourth-order valence-corrected chi connectivity index (χ4v) is 1.69. The summed E-state index contributed by atoms with van der Waals surface area (Å²) in [6.07, 6.45) is 4.30. The highest BCUT2D eigenvalue weighted by Gasteiger charge is 2.17. The molecule has 0 aliphatic heterocycles. The molecule has 0 bridgehead atoms. The second-order valence-electron chi connectivity index (χ2n) is 4.12. The summed E-state index contributed by atoms with van der Waals surface area (Å²) in [5.41, 5.74) is 2.21. The average molecular weight is 256 g/mol. The van der Waals surface area contributed by atoms with Crippen molar-refractivity contribution in [1.29, 1.82) is 0 Å². The maximum Gasteiger partial charge on any atom is 0.114 e. The topological polar surface area (TPSA) is 54.7 Å². The number of aliphatic hydroxyl groups is 1. The van der Waals surface area contributed by atoms with Crippen LogP contribution >= 0.6 is 0 Å². The monoisotopic (exact) mass is 256 g/mol. The van der Waals surface area contributed by atoms with Crippen LogP contribution in [0.1, 0.15) is 25.5 Å². The molecule has 0 fully saturated rings. The molecule has 2 rings (SSSR count). The number of aliphatic hydroxyl groups excluding tert-OH is 1. The van der Waals surface area contributed by atoms with Crippen LogP contribution in [0.2, 0.25) is 0 Å². The Balaban J connectivity index is 2.15. The van der Waals surface area contributed by atoms with Gasteiger partial charge in [0.1, 0.15) is 18.0 Å². The molecule has 1 atom stereocenters. The summed E-state index contributed by atoms with van der Waals surface area (Å²) in [5.74, 6) is 6.06. The van der Waals surface area contributed by atoms with E-state index in [0.717, 1.165) is 17.7 Å².